The van der Waals surface area contributed by atoms with Crippen LogP contribution in [0.1, 0.15) is 31.4 Å². The maximum atomic E-state index is 12.2. The fraction of sp³-hybridized carbons (Fsp3) is 0.600. The molecule has 0 amide bonds. The molecule has 0 aromatic heterocycles. The number of carboxylic acids is 3. The molecule has 36 heavy (non-hydrogen) atoms. The number of rotatable bonds is 14. The van der Waals surface area contributed by atoms with E-state index in [0.29, 0.717) is 0 Å². The molecule has 0 aliphatic rings. The van der Waals surface area contributed by atoms with Crippen LogP contribution in [0.4, 0.5) is 0 Å². The SMILES string of the molecule is COC(=O)CC(CC(=O)OS(=O)(=O)CCN)(OC(=O)CC(O)(CC(=O)O)C(=O)O)C(=O)O.[H-].[H-].[H-].[H-].[Na+].[Na+].[Na+].[Na+]. The van der Waals surface area contributed by atoms with Crippen LogP contribution in [0.5, 0.6) is 0 Å². The van der Waals surface area contributed by atoms with Crippen molar-refractivity contribution in [1.29, 1.82) is 0 Å². The zero-order chi connectivity index (χ0) is 25.3. The number of aliphatic carboxylic acids is 3. The molecule has 6 N–H and O–H groups in total. The van der Waals surface area contributed by atoms with Crippen LogP contribution in [0.3, 0.4) is 0 Å². The molecule has 0 aliphatic carbocycles. The molecule has 0 aromatic carbocycles. The fourth-order valence-corrected chi connectivity index (χ4v) is 2.90. The Balaban J connectivity index is -0.000000172. The van der Waals surface area contributed by atoms with Crippen LogP contribution in [0.25, 0.3) is 0 Å². The molecule has 0 fully saturated rings. The maximum absolute atomic E-state index is 12.2. The van der Waals surface area contributed by atoms with Gasteiger partial charge in [0.25, 0.3) is 0 Å². The van der Waals surface area contributed by atoms with Crippen LogP contribution < -0.4 is 124 Å². The van der Waals surface area contributed by atoms with Gasteiger partial charge >= 0.3 is 164 Å². The Hall–Kier alpha value is 0.690. The summed E-state index contributed by atoms with van der Waals surface area (Å²) in [6, 6.07) is 0. The summed E-state index contributed by atoms with van der Waals surface area (Å²) in [5, 5.41) is 37.0. The Morgan fingerprint density at radius 1 is 0.806 bits per heavy atom. The Bertz CT molecular complexity index is 918. The second kappa shape index (κ2) is 20.6. The van der Waals surface area contributed by atoms with Gasteiger partial charge < -0.3 is 45.5 Å². The van der Waals surface area contributed by atoms with E-state index in [9.17, 15) is 47.4 Å². The van der Waals surface area contributed by atoms with Crippen LogP contribution in [-0.4, -0.2) is 95.3 Å². The summed E-state index contributed by atoms with van der Waals surface area (Å²) in [6.45, 7) is -0.464. The molecule has 0 heterocycles. The second-order valence-electron chi connectivity index (χ2n) is 6.29. The number of hydrogen-bond donors (Lipinski definition) is 5. The van der Waals surface area contributed by atoms with E-state index >= 15 is 0 Å². The van der Waals surface area contributed by atoms with Crippen LogP contribution >= 0.6 is 0 Å². The van der Waals surface area contributed by atoms with Crippen molar-refractivity contribution in [1.82, 2.24) is 0 Å². The van der Waals surface area contributed by atoms with E-state index in [4.69, 9.17) is 15.9 Å². The summed E-state index contributed by atoms with van der Waals surface area (Å²) in [5.74, 6) is -12.0. The molecular formula is C15H25NNa4O15S. The number of carboxylic acid groups (broad SMARTS) is 3. The van der Waals surface area contributed by atoms with Crippen molar-refractivity contribution in [3.8, 4) is 0 Å². The van der Waals surface area contributed by atoms with Crippen LogP contribution in [-0.2, 0) is 52.5 Å². The molecule has 0 radical (unpaired) electrons. The summed E-state index contributed by atoms with van der Waals surface area (Å²) >= 11 is 0. The number of esters is 2. The summed E-state index contributed by atoms with van der Waals surface area (Å²) < 4.78 is 36.0. The van der Waals surface area contributed by atoms with Crippen LogP contribution in [0.15, 0.2) is 0 Å². The van der Waals surface area contributed by atoms with Crippen molar-refractivity contribution in [2.24, 2.45) is 5.73 Å². The largest absolute Gasteiger partial charge is 1.00 e. The second-order valence-corrected chi connectivity index (χ2v) is 7.98. The average Bonchev–Trinajstić information content (AvgIpc) is 2.59. The van der Waals surface area contributed by atoms with Gasteiger partial charge in [0.1, 0.15) is 0 Å². The van der Waals surface area contributed by atoms with Crippen molar-refractivity contribution >= 4 is 45.9 Å². The van der Waals surface area contributed by atoms with Gasteiger partial charge in [0.05, 0.1) is 38.5 Å². The van der Waals surface area contributed by atoms with Crippen molar-refractivity contribution in [2.45, 2.75) is 36.9 Å². The third-order valence-corrected chi connectivity index (χ3v) is 4.83. The number of nitrogens with two attached hydrogens (primary N) is 1. The third kappa shape index (κ3) is 16.6. The van der Waals surface area contributed by atoms with E-state index < -0.39 is 95.1 Å². The summed E-state index contributed by atoms with van der Waals surface area (Å²) in [5.41, 5.74) is -1.36. The molecule has 0 rings (SSSR count). The van der Waals surface area contributed by atoms with Crippen LogP contribution in [0, 0.1) is 0 Å². The molecule has 190 valence electrons. The first-order valence-corrected chi connectivity index (χ1v) is 9.95. The first-order chi connectivity index (χ1) is 14.5. The van der Waals surface area contributed by atoms with Gasteiger partial charge in [-0.05, 0) is 0 Å². The van der Waals surface area contributed by atoms with Gasteiger partial charge in [-0.2, -0.15) is 8.42 Å². The van der Waals surface area contributed by atoms with Crippen molar-refractivity contribution in [2.75, 3.05) is 19.4 Å². The number of carbonyl (C=O) groups is 6. The molecule has 0 saturated carbocycles. The van der Waals surface area contributed by atoms with E-state index in [1.54, 1.807) is 0 Å². The average molecular weight is 583 g/mol. The molecule has 0 aromatic rings. The number of carbonyl (C=O) groups excluding carboxylic acids is 3. The molecule has 16 nitrogen and oxygen atoms in total. The topological polar surface area (TPSA) is 271 Å². The van der Waals surface area contributed by atoms with E-state index in [1.165, 1.54) is 0 Å². The predicted molar refractivity (Wildman–Crippen MR) is 101 cm³/mol. The predicted octanol–water partition coefficient (Wildman–Crippen LogP) is -14.7. The van der Waals surface area contributed by atoms with E-state index in [1.807, 2.05) is 0 Å². The first kappa shape index (κ1) is 46.5. The Morgan fingerprint density at radius 3 is 1.64 bits per heavy atom. The first-order valence-electron chi connectivity index (χ1n) is 8.37. The number of methoxy groups -OCH3 is 1. The molecular weight excluding hydrogens is 558 g/mol. The minimum Gasteiger partial charge on any atom is -1.00 e. The Labute approximate surface area is 299 Å². The van der Waals surface area contributed by atoms with Gasteiger partial charge in [-0.1, -0.05) is 0 Å². The fourth-order valence-electron chi connectivity index (χ4n) is 2.18. The van der Waals surface area contributed by atoms with Crippen molar-refractivity contribution < 1.29 is 195 Å². The van der Waals surface area contributed by atoms with E-state index in [0.717, 1.165) is 7.11 Å². The molecule has 0 bridgehead atoms. The normalized spacial score (nSPS) is 13.2. The minimum atomic E-state index is -4.55. The van der Waals surface area contributed by atoms with Gasteiger partial charge in [0.2, 0.25) is 5.60 Å². The van der Waals surface area contributed by atoms with Gasteiger partial charge in [0.15, 0.2) is 5.60 Å². The van der Waals surface area contributed by atoms with Crippen LogP contribution in [0.2, 0.25) is 0 Å². The molecule has 2 atom stereocenters. The monoisotopic (exact) mass is 583 g/mol. The van der Waals surface area contributed by atoms with Gasteiger partial charge in [0, 0.05) is 6.54 Å². The number of hydrogen-bond acceptors (Lipinski definition) is 13. The number of aliphatic hydroxyl groups is 1. The van der Waals surface area contributed by atoms with Crippen molar-refractivity contribution in [3.05, 3.63) is 0 Å². The summed E-state index contributed by atoms with van der Waals surface area (Å²) in [7, 11) is -3.75. The third-order valence-electron chi connectivity index (χ3n) is 3.65. The van der Waals surface area contributed by atoms with Gasteiger partial charge in [-0.3, -0.25) is 19.2 Å². The Kier molecular flexibility index (Phi) is 26.6. The molecule has 2 unspecified atom stereocenters. The van der Waals surface area contributed by atoms with Gasteiger partial charge in [-0.25, -0.2) is 9.59 Å². The van der Waals surface area contributed by atoms with E-state index in [-0.39, 0.29) is 124 Å². The van der Waals surface area contributed by atoms with Gasteiger partial charge in [-0.15, -0.1) is 0 Å². The molecule has 0 aliphatic heterocycles. The summed E-state index contributed by atoms with van der Waals surface area (Å²) in [6.07, 6.45) is -6.02. The summed E-state index contributed by atoms with van der Waals surface area (Å²) in [4.78, 5) is 69.5. The minimum absolute atomic E-state index is 0. The Morgan fingerprint density at radius 2 is 1.28 bits per heavy atom. The maximum Gasteiger partial charge on any atom is 1.00 e. The number of ether oxygens (including phenoxy) is 2. The van der Waals surface area contributed by atoms with E-state index in [2.05, 4.69) is 13.7 Å². The standard InChI is InChI=1S/C15H21NO15S.4Na.4H/c1-29-9(19)6-15(13(24)25,7-11(21)31-32(27,28)3-2-16)30-10(20)5-14(26,12(22)23)4-8(17)18;;;;;;;;/h26H,2-7,16H2,1H3,(H,17,18)(H,22,23)(H,24,25);;;;;;;;/q;4*+1;4*-1. The molecule has 0 saturated heterocycles. The molecule has 21 heteroatoms. The van der Waals surface area contributed by atoms with Crippen molar-refractivity contribution in [3.63, 3.8) is 0 Å². The zero-order valence-corrected chi connectivity index (χ0v) is 29.3. The molecule has 0 spiro atoms. The zero-order valence-electron chi connectivity index (χ0n) is 24.5. The smallest absolute Gasteiger partial charge is 1.00 e. The quantitative estimate of drug-likeness (QED) is 0.0721.